The molecule has 1 aromatic carbocycles. The molecule has 162 valence electrons. The second kappa shape index (κ2) is 7.69. The van der Waals surface area contributed by atoms with E-state index in [4.69, 9.17) is 5.73 Å². The fraction of sp³-hybridized carbons (Fsp3) is 0.286. The van der Waals surface area contributed by atoms with Gasteiger partial charge >= 0.3 is 5.97 Å². The first kappa shape index (κ1) is 20.9. The summed E-state index contributed by atoms with van der Waals surface area (Å²) < 4.78 is 43.9. The first-order chi connectivity index (χ1) is 14.7. The summed E-state index contributed by atoms with van der Waals surface area (Å²) in [6.45, 7) is 2.81. The van der Waals surface area contributed by atoms with Gasteiger partial charge in [0.05, 0.1) is 11.1 Å². The number of benzene rings is 1. The van der Waals surface area contributed by atoms with Gasteiger partial charge < -0.3 is 15.7 Å². The summed E-state index contributed by atoms with van der Waals surface area (Å²) in [5, 5.41) is 9.06. The van der Waals surface area contributed by atoms with E-state index < -0.39 is 34.4 Å². The third-order valence-electron chi connectivity index (χ3n) is 5.58. The highest BCUT2D eigenvalue weighted by Crippen LogP contribution is 2.29. The van der Waals surface area contributed by atoms with E-state index in [-0.39, 0.29) is 34.5 Å². The number of pyridine rings is 2. The molecule has 2 aromatic heterocycles. The average Bonchev–Trinajstić information content (AvgIpc) is 3.19. The Labute approximate surface area is 174 Å². The van der Waals surface area contributed by atoms with Crippen molar-refractivity contribution in [2.45, 2.75) is 19.4 Å². The quantitative estimate of drug-likeness (QED) is 0.658. The molecule has 3 heterocycles. The molecule has 1 fully saturated rings. The molecular weight excluding hydrogens is 413 g/mol. The van der Waals surface area contributed by atoms with Gasteiger partial charge in [-0.15, -0.1) is 0 Å². The number of carboxylic acid groups (broad SMARTS) is 1. The second-order valence-electron chi connectivity index (χ2n) is 7.66. The Kier molecular flexibility index (Phi) is 5.18. The largest absolute Gasteiger partial charge is 0.477 e. The van der Waals surface area contributed by atoms with Crippen LogP contribution in [-0.2, 0) is 0 Å². The van der Waals surface area contributed by atoms with Gasteiger partial charge in [0, 0.05) is 31.4 Å². The summed E-state index contributed by atoms with van der Waals surface area (Å²) in [6.07, 6.45) is 1.64. The lowest BCUT2D eigenvalue weighted by molar-refractivity contribution is 0.0695. The van der Waals surface area contributed by atoms with E-state index in [0.29, 0.717) is 19.2 Å². The number of rotatable bonds is 4. The molecule has 10 heteroatoms. The maximum atomic E-state index is 14.9. The number of anilines is 1. The number of carboxylic acids is 1. The van der Waals surface area contributed by atoms with E-state index in [2.05, 4.69) is 4.98 Å². The summed E-state index contributed by atoms with van der Waals surface area (Å²) in [5.74, 6) is -4.11. The molecule has 0 amide bonds. The minimum absolute atomic E-state index is 0.0469. The van der Waals surface area contributed by atoms with Crippen molar-refractivity contribution in [1.82, 2.24) is 9.55 Å². The van der Waals surface area contributed by atoms with Crippen LogP contribution in [0, 0.1) is 23.4 Å². The first-order valence-electron chi connectivity index (χ1n) is 9.62. The van der Waals surface area contributed by atoms with Gasteiger partial charge in [0.25, 0.3) is 0 Å². The highest BCUT2D eigenvalue weighted by Gasteiger charge is 2.29. The zero-order chi connectivity index (χ0) is 22.4. The number of nitrogens with zero attached hydrogens (tertiary/aromatic N) is 3. The van der Waals surface area contributed by atoms with E-state index in [9.17, 15) is 27.9 Å². The third-order valence-corrected chi connectivity index (χ3v) is 5.58. The smallest absolute Gasteiger partial charge is 0.341 e. The topological polar surface area (TPSA) is 101 Å². The van der Waals surface area contributed by atoms with Gasteiger partial charge in [-0.3, -0.25) is 9.36 Å². The molecule has 1 saturated heterocycles. The van der Waals surface area contributed by atoms with Crippen LogP contribution in [-0.4, -0.2) is 39.8 Å². The number of aromatic nitrogens is 2. The zero-order valence-electron chi connectivity index (χ0n) is 16.5. The van der Waals surface area contributed by atoms with Crippen LogP contribution in [0.15, 0.2) is 35.3 Å². The lowest BCUT2D eigenvalue weighted by Crippen LogP contribution is -2.30. The summed E-state index contributed by atoms with van der Waals surface area (Å²) in [4.78, 5) is 30.1. The van der Waals surface area contributed by atoms with E-state index in [1.54, 1.807) is 4.90 Å². The van der Waals surface area contributed by atoms with Crippen molar-refractivity contribution in [3.63, 3.8) is 0 Å². The zero-order valence-corrected chi connectivity index (χ0v) is 16.5. The number of nitrogens with two attached hydrogens (primary N) is 1. The minimum Gasteiger partial charge on any atom is -0.477 e. The summed E-state index contributed by atoms with van der Waals surface area (Å²) in [6, 6.07) is 3.51. The normalized spacial score (nSPS) is 17.3. The van der Waals surface area contributed by atoms with Crippen LogP contribution in [0.2, 0.25) is 0 Å². The monoisotopic (exact) mass is 432 g/mol. The molecule has 0 bridgehead atoms. The minimum atomic E-state index is -1.56. The fourth-order valence-electron chi connectivity index (χ4n) is 3.86. The molecule has 1 aliphatic heterocycles. The molecule has 1 aliphatic rings. The van der Waals surface area contributed by atoms with Gasteiger partial charge in [0.2, 0.25) is 5.43 Å². The van der Waals surface area contributed by atoms with Gasteiger partial charge in [-0.1, -0.05) is 0 Å². The van der Waals surface area contributed by atoms with Crippen LogP contribution in [0.4, 0.5) is 19.0 Å². The molecule has 0 saturated carbocycles. The van der Waals surface area contributed by atoms with Crippen LogP contribution in [0.25, 0.3) is 16.7 Å². The van der Waals surface area contributed by atoms with Crippen molar-refractivity contribution in [1.29, 1.82) is 0 Å². The van der Waals surface area contributed by atoms with Crippen molar-refractivity contribution >= 4 is 22.8 Å². The Morgan fingerprint density at radius 2 is 2.00 bits per heavy atom. The Morgan fingerprint density at radius 3 is 2.61 bits per heavy atom. The molecule has 1 unspecified atom stereocenters. The molecule has 3 N–H and O–H groups in total. The second-order valence-corrected chi connectivity index (χ2v) is 7.66. The molecule has 0 aliphatic carbocycles. The number of carbonyl (C=O) groups is 1. The Balaban J connectivity index is 1.98. The molecule has 4 rings (SSSR count). The highest BCUT2D eigenvalue weighted by atomic mass is 19.1. The number of aromatic carboxylic acids is 1. The predicted molar refractivity (Wildman–Crippen MR) is 108 cm³/mol. The van der Waals surface area contributed by atoms with Crippen molar-refractivity contribution in [3.05, 3.63) is 63.7 Å². The Morgan fingerprint density at radius 1 is 1.26 bits per heavy atom. The number of hydrogen-bond acceptors (Lipinski definition) is 5. The molecule has 7 nitrogen and oxygen atoms in total. The molecular formula is C21H19F3N4O3. The van der Waals surface area contributed by atoms with Gasteiger partial charge in [-0.05, 0) is 37.5 Å². The molecule has 0 radical (unpaired) electrons. The van der Waals surface area contributed by atoms with Crippen LogP contribution >= 0.6 is 0 Å². The summed E-state index contributed by atoms with van der Waals surface area (Å²) in [5.41, 5.74) is 3.94. The van der Waals surface area contributed by atoms with Crippen molar-refractivity contribution in [2.75, 3.05) is 18.0 Å². The number of hydrogen-bond donors (Lipinski definition) is 2. The van der Waals surface area contributed by atoms with E-state index in [0.717, 1.165) is 35.4 Å². The number of halogens is 3. The molecule has 31 heavy (non-hydrogen) atoms. The van der Waals surface area contributed by atoms with Crippen molar-refractivity contribution in [2.24, 2.45) is 11.7 Å². The predicted octanol–water partition coefficient (Wildman–Crippen LogP) is 2.67. The maximum Gasteiger partial charge on any atom is 0.341 e. The standard InChI is InChI=1S/C21H19F3N4O3/c1-10(25)11-4-5-27(8-11)20-16(24)7-13-18(29)14(21(30)31)9-28(19(13)26-20)17-3-2-12(22)6-15(17)23/h2-3,6-7,9-11H,4-5,8,25H2,1H3,(H,30,31)/t10?,11-/m1/s1. The highest BCUT2D eigenvalue weighted by molar-refractivity contribution is 5.92. The number of fused-ring (bicyclic) bond motifs is 1. The van der Waals surface area contributed by atoms with E-state index in [1.165, 1.54) is 0 Å². The SMILES string of the molecule is CC(N)[C@@H]1CCN(c2nc3c(cc2F)c(=O)c(C(=O)O)cn3-c2ccc(F)cc2F)C1. The lowest BCUT2D eigenvalue weighted by atomic mass is 10.0. The van der Waals surface area contributed by atoms with Crippen molar-refractivity contribution < 1.29 is 23.1 Å². The summed E-state index contributed by atoms with van der Waals surface area (Å²) >= 11 is 0. The fourth-order valence-corrected chi connectivity index (χ4v) is 3.86. The molecule has 3 aromatic rings. The Hall–Kier alpha value is -3.40. The van der Waals surface area contributed by atoms with E-state index in [1.807, 2.05) is 6.92 Å². The maximum absolute atomic E-state index is 14.9. The summed E-state index contributed by atoms with van der Waals surface area (Å²) in [7, 11) is 0. The lowest BCUT2D eigenvalue weighted by Gasteiger charge is -2.21. The van der Waals surface area contributed by atoms with Gasteiger partial charge in [0.1, 0.15) is 17.2 Å². The van der Waals surface area contributed by atoms with Crippen LogP contribution in [0.1, 0.15) is 23.7 Å². The van der Waals surface area contributed by atoms with Gasteiger partial charge in [-0.2, -0.15) is 0 Å². The van der Waals surface area contributed by atoms with Crippen LogP contribution < -0.4 is 16.1 Å². The van der Waals surface area contributed by atoms with Crippen LogP contribution in [0.5, 0.6) is 0 Å². The third kappa shape index (κ3) is 3.63. The van der Waals surface area contributed by atoms with Gasteiger partial charge in [0.15, 0.2) is 17.3 Å². The van der Waals surface area contributed by atoms with E-state index >= 15 is 0 Å². The van der Waals surface area contributed by atoms with Crippen molar-refractivity contribution in [3.8, 4) is 5.69 Å². The first-order valence-corrected chi connectivity index (χ1v) is 9.62. The van der Waals surface area contributed by atoms with Crippen LogP contribution in [0.3, 0.4) is 0 Å². The molecule has 2 atom stereocenters. The molecule has 0 spiro atoms. The van der Waals surface area contributed by atoms with Gasteiger partial charge in [-0.25, -0.2) is 22.9 Å². The Bertz CT molecular complexity index is 1260. The average molecular weight is 432 g/mol.